The van der Waals surface area contributed by atoms with Gasteiger partial charge >= 0.3 is 0 Å². The molecule has 0 saturated heterocycles. The molecule has 0 spiro atoms. The van der Waals surface area contributed by atoms with Crippen LogP contribution in [0.1, 0.15) is 35.3 Å². The van der Waals surface area contributed by atoms with Gasteiger partial charge in [-0.05, 0) is 42.8 Å². The summed E-state index contributed by atoms with van der Waals surface area (Å²) < 4.78 is 16.6. The zero-order chi connectivity index (χ0) is 17.8. The third kappa shape index (κ3) is 3.99. The predicted octanol–water partition coefficient (Wildman–Crippen LogP) is 4.00. The second-order valence-corrected chi connectivity index (χ2v) is 6.23. The molecule has 132 valence electrons. The molecule has 0 fully saturated rings. The molecule has 6 heteroatoms. The van der Waals surface area contributed by atoms with E-state index in [0.717, 1.165) is 17.7 Å². The summed E-state index contributed by atoms with van der Waals surface area (Å²) in [7, 11) is 1.51. The van der Waals surface area contributed by atoms with Gasteiger partial charge in [-0.2, -0.15) is 0 Å². The van der Waals surface area contributed by atoms with Crippen LogP contribution in [0.4, 0.5) is 0 Å². The summed E-state index contributed by atoms with van der Waals surface area (Å²) in [6, 6.07) is 10.4. The minimum Gasteiger partial charge on any atom is -0.496 e. The van der Waals surface area contributed by atoms with E-state index >= 15 is 0 Å². The highest BCUT2D eigenvalue weighted by Gasteiger charge is 2.18. The van der Waals surface area contributed by atoms with Crippen LogP contribution in [0, 0.1) is 0 Å². The van der Waals surface area contributed by atoms with Gasteiger partial charge in [0.25, 0.3) is 5.91 Å². The zero-order valence-electron chi connectivity index (χ0n) is 14.2. The van der Waals surface area contributed by atoms with Crippen molar-refractivity contribution in [3.05, 3.63) is 52.5 Å². The Morgan fingerprint density at radius 3 is 2.68 bits per heavy atom. The number of halogens is 1. The van der Waals surface area contributed by atoms with Gasteiger partial charge in [-0.1, -0.05) is 17.7 Å². The Labute approximate surface area is 151 Å². The van der Waals surface area contributed by atoms with E-state index in [9.17, 15) is 4.79 Å². The van der Waals surface area contributed by atoms with Crippen LogP contribution in [-0.2, 0) is 0 Å². The van der Waals surface area contributed by atoms with Crippen molar-refractivity contribution in [2.75, 3.05) is 20.3 Å². The minimum atomic E-state index is -0.229. The first-order valence-electron chi connectivity index (χ1n) is 8.12. The summed E-state index contributed by atoms with van der Waals surface area (Å²) in [6.45, 7) is 3.19. The number of ether oxygens (including phenoxy) is 3. The lowest BCUT2D eigenvalue weighted by Gasteiger charge is -2.17. The molecule has 0 radical (unpaired) electrons. The summed E-state index contributed by atoms with van der Waals surface area (Å²) in [4.78, 5) is 12.6. The van der Waals surface area contributed by atoms with Crippen LogP contribution in [0.15, 0.2) is 36.4 Å². The van der Waals surface area contributed by atoms with E-state index in [1.54, 1.807) is 18.2 Å². The van der Waals surface area contributed by atoms with Crippen LogP contribution in [0.3, 0.4) is 0 Å². The maximum Gasteiger partial charge on any atom is 0.255 e. The Morgan fingerprint density at radius 1 is 1.16 bits per heavy atom. The van der Waals surface area contributed by atoms with Gasteiger partial charge in [0.15, 0.2) is 11.5 Å². The quantitative estimate of drug-likeness (QED) is 0.894. The van der Waals surface area contributed by atoms with Crippen LogP contribution in [0.2, 0.25) is 5.02 Å². The Kier molecular flexibility index (Phi) is 5.34. The summed E-state index contributed by atoms with van der Waals surface area (Å²) in [5.41, 5.74) is 1.37. The second kappa shape index (κ2) is 7.66. The average molecular weight is 362 g/mol. The van der Waals surface area contributed by atoms with Crippen LogP contribution >= 0.6 is 11.6 Å². The fourth-order valence-electron chi connectivity index (χ4n) is 2.66. The topological polar surface area (TPSA) is 56.8 Å². The van der Waals surface area contributed by atoms with E-state index in [1.165, 1.54) is 7.11 Å². The molecular weight excluding hydrogens is 342 g/mol. The Bertz CT molecular complexity index is 778. The van der Waals surface area contributed by atoms with Crippen LogP contribution < -0.4 is 19.5 Å². The number of amides is 1. The average Bonchev–Trinajstić information content (AvgIpc) is 2.85. The molecule has 1 aliphatic heterocycles. The number of nitrogens with one attached hydrogen (secondary N) is 1. The molecule has 0 saturated carbocycles. The third-order valence-corrected chi connectivity index (χ3v) is 4.26. The number of benzene rings is 2. The molecule has 1 N–H and O–H groups in total. The zero-order valence-corrected chi connectivity index (χ0v) is 14.9. The molecule has 5 nitrogen and oxygen atoms in total. The maximum atomic E-state index is 12.6. The van der Waals surface area contributed by atoms with Gasteiger partial charge in [0.1, 0.15) is 5.75 Å². The number of carbonyl (C=O) groups is 1. The molecule has 1 amide bonds. The van der Waals surface area contributed by atoms with Crippen molar-refractivity contribution in [1.82, 2.24) is 5.32 Å². The number of hydrogen-bond donors (Lipinski definition) is 1. The molecule has 0 aromatic heterocycles. The van der Waals surface area contributed by atoms with Gasteiger partial charge < -0.3 is 19.5 Å². The van der Waals surface area contributed by atoms with Crippen molar-refractivity contribution in [2.24, 2.45) is 0 Å². The van der Waals surface area contributed by atoms with Crippen molar-refractivity contribution in [3.8, 4) is 17.2 Å². The summed E-state index contributed by atoms with van der Waals surface area (Å²) in [5.74, 6) is 1.66. The summed E-state index contributed by atoms with van der Waals surface area (Å²) in [5, 5.41) is 3.49. The first kappa shape index (κ1) is 17.4. The highest BCUT2D eigenvalue weighted by Crippen LogP contribution is 2.32. The molecule has 1 aliphatic rings. The van der Waals surface area contributed by atoms with Crippen molar-refractivity contribution in [1.29, 1.82) is 0 Å². The van der Waals surface area contributed by atoms with Gasteiger partial charge in [0, 0.05) is 11.4 Å². The van der Waals surface area contributed by atoms with Gasteiger partial charge in [-0.3, -0.25) is 4.79 Å². The number of fused-ring (bicyclic) bond motifs is 1. The van der Waals surface area contributed by atoms with Gasteiger partial charge in [-0.15, -0.1) is 0 Å². The Balaban J connectivity index is 1.77. The highest BCUT2D eigenvalue weighted by molar-refractivity contribution is 6.30. The van der Waals surface area contributed by atoms with Crippen LogP contribution in [0.5, 0.6) is 17.2 Å². The predicted molar refractivity (Wildman–Crippen MR) is 95.9 cm³/mol. The lowest BCUT2D eigenvalue weighted by Crippen LogP contribution is -2.27. The van der Waals surface area contributed by atoms with E-state index in [0.29, 0.717) is 35.3 Å². The molecule has 1 unspecified atom stereocenters. The number of rotatable bonds is 4. The molecule has 0 bridgehead atoms. The van der Waals surface area contributed by atoms with E-state index < -0.39 is 0 Å². The first-order chi connectivity index (χ1) is 12.1. The smallest absolute Gasteiger partial charge is 0.255 e. The van der Waals surface area contributed by atoms with Crippen molar-refractivity contribution in [2.45, 2.75) is 19.4 Å². The fraction of sp³-hybridized carbons (Fsp3) is 0.316. The molecule has 3 rings (SSSR count). The lowest BCUT2D eigenvalue weighted by atomic mass is 10.1. The summed E-state index contributed by atoms with van der Waals surface area (Å²) in [6.07, 6.45) is 0.854. The van der Waals surface area contributed by atoms with Gasteiger partial charge in [0.05, 0.1) is 31.9 Å². The van der Waals surface area contributed by atoms with Crippen molar-refractivity contribution >= 4 is 17.5 Å². The molecule has 2 aromatic rings. The van der Waals surface area contributed by atoms with Crippen LogP contribution in [-0.4, -0.2) is 26.2 Å². The Morgan fingerprint density at radius 2 is 1.92 bits per heavy atom. The van der Waals surface area contributed by atoms with Crippen molar-refractivity contribution in [3.63, 3.8) is 0 Å². The third-order valence-electron chi connectivity index (χ3n) is 4.03. The maximum absolute atomic E-state index is 12.6. The summed E-state index contributed by atoms with van der Waals surface area (Å²) >= 11 is 5.95. The van der Waals surface area contributed by atoms with E-state index in [1.807, 2.05) is 25.1 Å². The highest BCUT2D eigenvalue weighted by atomic mass is 35.5. The lowest BCUT2D eigenvalue weighted by molar-refractivity contribution is 0.0937. The normalized spacial score (nSPS) is 14.4. The van der Waals surface area contributed by atoms with Gasteiger partial charge in [-0.25, -0.2) is 0 Å². The molecule has 1 heterocycles. The number of methoxy groups -OCH3 is 1. The molecule has 0 aliphatic carbocycles. The largest absolute Gasteiger partial charge is 0.496 e. The number of carbonyl (C=O) groups excluding carboxylic acids is 1. The first-order valence-corrected chi connectivity index (χ1v) is 8.50. The monoisotopic (exact) mass is 361 g/mol. The molecular formula is C19H20ClNO4. The van der Waals surface area contributed by atoms with E-state index in [-0.39, 0.29) is 11.9 Å². The SMILES string of the molecule is COc1cc(Cl)ccc1C(=O)NC(C)c1ccc2c(c1)OCCCO2. The molecule has 2 aromatic carbocycles. The van der Waals surface area contributed by atoms with E-state index in [2.05, 4.69) is 5.32 Å². The van der Waals surface area contributed by atoms with Crippen LogP contribution in [0.25, 0.3) is 0 Å². The molecule has 25 heavy (non-hydrogen) atoms. The van der Waals surface area contributed by atoms with E-state index in [4.69, 9.17) is 25.8 Å². The molecule has 1 atom stereocenters. The fourth-order valence-corrected chi connectivity index (χ4v) is 2.82. The van der Waals surface area contributed by atoms with Gasteiger partial charge in [0.2, 0.25) is 0 Å². The standard InChI is InChI=1S/C19H20ClNO4/c1-12(13-4-7-16-18(10-13)25-9-3-8-24-16)21-19(22)15-6-5-14(20)11-17(15)23-2/h4-7,10-12H,3,8-9H2,1-2H3,(H,21,22). The Hall–Kier alpha value is -2.40. The second-order valence-electron chi connectivity index (χ2n) is 5.80. The van der Waals surface area contributed by atoms with Crippen molar-refractivity contribution < 1.29 is 19.0 Å². The minimum absolute atomic E-state index is 0.204. The number of hydrogen-bond acceptors (Lipinski definition) is 4.